The molecule has 0 spiro atoms. The second-order valence-corrected chi connectivity index (χ2v) is 6.01. The molecule has 25 heavy (non-hydrogen) atoms. The van der Waals surface area contributed by atoms with Crippen LogP contribution < -0.4 is 10.1 Å². The smallest absolute Gasteiger partial charge is 0.276 e. The van der Waals surface area contributed by atoms with Crippen LogP contribution in [-0.2, 0) is 0 Å². The number of aryl methyl sites for hydroxylation is 3. The highest BCUT2D eigenvalue weighted by atomic mass is 16.5. The number of carbonyl (C=O) groups is 1. The van der Waals surface area contributed by atoms with Gasteiger partial charge in [0.2, 0.25) is 0 Å². The van der Waals surface area contributed by atoms with Crippen molar-refractivity contribution in [2.45, 2.75) is 20.8 Å². The first-order valence-electron chi connectivity index (χ1n) is 8.08. The Balaban J connectivity index is 1.87. The fraction of sp³-hybridized carbons (Fsp3) is 0.200. The first-order valence-corrected chi connectivity index (χ1v) is 8.08. The molecule has 1 heterocycles. The fourth-order valence-corrected chi connectivity index (χ4v) is 2.75. The zero-order chi connectivity index (χ0) is 18.0. The number of nitrogens with one attached hydrogen (secondary N) is 1. The zero-order valence-electron chi connectivity index (χ0n) is 14.8. The summed E-state index contributed by atoms with van der Waals surface area (Å²) in [5, 5.41) is 7.38. The Bertz CT molecular complexity index is 914. The van der Waals surface area contributed by atoms with Crippen molar-refractivity contribution in [1.82, 2.24) is 9.78 Å². The van der Waals surface area contributed by atoms with Gasteiger partial charge in [0.05, 0.1) is 12.8 Å². The van der Waals surface area contributed by atoms with E-state index in [2.05, 4.69) is 10.4 Å². The maximum absolute atomic E-state index is 12.6. The van der Waals surface area contributed by atoms with Crippen LogP contribution in [0.4, 0.5) is 5.69 Å². The van der Waals surface area contributed by atoms with E-state index in [0.717, 1.165) is 33.9 Å². The van der Waals surface area contributed by atoms with Crippen LogP contribution in [-0.4, -0.2) is 22.8 Å². The number of ether oxygens (including phenoxy) is 1. The van der Waals surface area contributed by atoms with Crippen molar-refractivity contribution in [2.75, 3.05) is 12.4 Å². The maximum atomic E-state index is 12.6. The number of hydrogen-bond donors (Lipinski definition) is 1. The second kappa shape index (κ2) is 6.81. The average Bonchev–Trinajstić information content (AvgIpc) is 3.00. The van der Waals surface area contributed by atoms with Gasteiger partial charge >= 0.3 is 0 Å². The van der Waals surface area contributed by atoms with Gasteiger partial charge in [0, 0.05) is 11.4 Å². The monoisotopic (exact) mass is 335 g/mol. The van der Waals surface area contributed by atoms with Gasteiger partial charge in [-0.05, 0) is 62.2 Å². The molecule has 2 aromatic carbocycles. The van der Waals surface area contributed by atoms with Gasteiger partial charge in [0.25, 0.3) is 5.91 Å². The van der Waals surface area contributed by atoms with Crippen molar-refractivity contribution >= 4 is 11.6 Å². The summed E-state index contributed by atoms with van der Waals surface area (Å²) in [5.41, 5.74) is 4.88. The Morgan fingerprint density at radius 2 is 1.76 bits per heavy atom. The van der Waals surface area contributed by atoms with E-state index in [4.69, 9.17) is 4.74 Å². The minimum atomic E-state index is -0.231. The minimum absolute atomic E-state index is 0.231. The highest BCUT2D eigenvalue weighted by Crippen LogP contribution is 2.26. The van der Waals surface area contributed by atoms with Crippen LogP contribution in [0.3, 0.4) is 0 Å². The van der Waals surface area contributed by atoms with Crippen molar-refractivity contribution in [3.05, 3.63) is 71.0 Å². The summed E-state index contributed by atoms with van der Waals surface area (Å²) in [6, 6.07) is 15.4. The molecule has 1 N–H and O–H groups in total. The van der Waals surface area contributed by atoms with E-state index >= 15 is 0 Å². The number of carbonyl (C=O) groups excluding carboxylic acids is 1. The lowest BCUT2D eigenvalue weighted by atomic mass is 10.1. The van der Waals surface area contributed by atoms with Gasteiger partial charge in [0.1, 0.15) is 5.75 Å². The first-order chi connectivity index (χ1) is 12.0. The van der Waals surface area contributed by atoms with Crippen molar-refractivity contribution in [3.8, 4) is 11.4 Å². The summed E-state index contributed by atoms with van der Waals surface area (Å²) < 4.78 is 7.08. The van der Waals surface area contributed by atoms with Gasteiger partial charge in [-0.2, -0.15) is 5.10 Å². The van der Waals surface area contributed by atoms with Crippen molar-refractivity contribution in [3.63, 3.8) is 0 Å². The molecule has 0 unspecified atom stereocenters. The van der Waals surface area contributed by atoms with E-state index in [9.17, 15) is 4.79 Å². The molecule has 1 aromatic heterocycles. The van der Waals surface area contributed by atoms with Gasteiger partial charge in [-0.15, -0.1) is 0 Å². The molecular weight excluding hydrogens is 314 g/mol. The molecule has 0 aliphatic carbocycles. The van der Waals surface area contributed by atoms with Gasteiger partial charge in [-0.25, -0.2) is 4.68 Å². The number of anilines is 1. The lowest BCUT2D eigenvalue weighted by molar-refractivity contribution is 0.102. The summed E-state index contributed by atoms with van der Waals surface area (Å²) in [6.07, 6.45) is 0. The molecule has 0 atom stereocenters. The SMILES string of the molecule is COc1cc(C)c(NC(=O)c2cc(C)n(-c3ccccc3)n2)cc1C. The Labute approximate surface area is 147 Å². The Morgan fingerprint density at radius 3 is 2.44 bits per heavy atom. The van der Waals surface area contributed by atoms with E-state index in [0.29, 0.717) is 5.69 Å². The summed E-state index contributed by atoms with van der Waals surface area (Å²) in [5.74, 6) is 0.574. The zero-order valence-corrected chi connectivity index (χ0v) is 14.8. The largest absolute Gasteiger partial charge is 0.496 e. The number of benzene rings is 2. The third-order valence-corrected chi connectivity index (χ3v) is 4.11. The number of nitrogens with zero attached hydrogens (tertiary/aromatic N) is 2. The Morgan fingerprint density at radius 1 is 1.04 bits per heavy atom. The molecule has 0 saturated heterocycles. The molecular formula is C20H21N3O2. The summed E-state index contributed by atoms with van der Waals surface area (Å²) in [7, 11) is 1.64. The topological polar surface area (TPSA) is 56.1 Å². The molecule has 128 valence electrons. The van der Waals surface area contributed by atoms with Gasteiger partial charge < -0.3 is 10.1 Å². The number of amides is 1. The molecule has 0 saturated carbocycles. The van der Waals surface area contributed by atoms with Crippen LogP contribution in [0.15, 0.2) is 48.5 Å². The summed E-state index contributed by atoms with van der Waals surface area (Å²) in [4.78, 5) is 12.6. The van der Waals surface area contributed by atoms with Crippen LogP contribution in [0.5, 0.6) is 5.75 Å². The van der Waals surface area contributed by atoms with Crippen LogP contribution in [0, 0.1) is 20.8 Å². The van der Waals surface area contributed by atoms with Crippen LogP contribution in [0.1, 0.15) is 27.3 Å². The van der Waals surface area contributed by atoms with E-state index in [-0.39, 0.29) is 5.91 Å². The molecule has 1 amide bonds. The molecule has 3 rings (SSSR count). The number of aromatic nitrogens is 2. The van der Waals surface area contributed by atoms with Gasteiger partial charge in [-0.1, -0.05) is 18.2 Å². The third-order valence-electron chi connectivity index (χ3n) is 4.11. The Kier molecular flexibility index (Phi) is 4.57. The predicted octanol–water partition coefficient (Wildman–Crippen LogP) is 4.06. The molecule has 0 fully saturated rings. The van der Waals surface area contributed by atoms with E-state index in [1.165, 1.54) is 0 Å². The van der Waals surface area contributed by atoms with Crippen molar-refractivity contribution in [2.24, 2.45) is 0 Å². The van der Waals surface area contributed by atoms with Crippen LogP contribution >= 0.6 is 0 Å². The number of rotatable bonds is 4. The second-order valence-electron chi connectivity index (χ2n) is 6.01. The van der Waals surface area contributed by atoms with E-state index in [1.54, 1.807) is 17.9 Å². The van der Waals surface area contributed by atoms with E-state index in [1.807, 2.05) is 63.2 Å². The average molecular weight is 335 g/mol. The third kappa shape index (κ3) is 3.40. The van der Waals surface area contributed by atoms with Crippen molar-refractivity contribution < 1.29 is 9.53 Å². The standard InChI is InChI=1S/C20H21N3O2/c1-13-11-19(25-4)14(2)10-17(13)21-20(24)18-12-15(3)23(22-18)16-8-6-5-7-9-16/h5-12H,1-4H3,(H,21,24). The lowest BCUT2D eigenvalue weighted by Crippen LogP contribution is -2.14. The molecule has 0 aliphatic heterocycles. The number of para-hydroxylation sites is 1. The van der Waals surface area contributed by atoms with Gasteiger partial charge in [-0.3, -0.25) is 4.79 Å². The predicted molar refractivity (Wildman–Crippen MR) is 98.7 cm³/mol. The maximum Gasteiger partial charge on any atom is 0.276 e. The number of hydrogen-bond acceptors (Lipinski definition) is 3. The van der Waals surface area contributed by atoms with Crippen LogP contribution in [0.2, 0.25) is 0 Å². The molecule has 0 aliphatic rings. The molecule has 5 nitrogen and oxygen atoms in total. The Hall–Kier alpha value is -3.08. The normalized spacial score (nSPS) is 10.6. The summed E-state index contributed by atoms with van der Waals surface area (Å²) >= 11 is 0. The highest BCUT2D eigenvalue weighted by molar-refractivity contribution is 6.03. The molecule has 0 bridgehead atoms. The molecule has 0 radical (unpaired) electrons. The quantitative estimate of drug-likeness (QED) is 0.782. The lowest BCUT2D eigenvalue weighted by Gasteiger charge is -2.11. The first kappa shape index (κ1) is 16.8. The van der Waals surface area contributed by atoms with E-state index < -0.39 is 0 Å². The van der Waals surface area contributed by atoms with Crippen LogP contribution in [0.25, 0.3) is 5.69 Å². The molecule has 3 aromatic rings. The number of methoxy groups -OCH3 is 1. The highest BCUT2D eigenvalue weighted by Gasteiger charge is 2.15. The fourth-order valence-electron chi connectivity index (χ4n) is 2.75. The van der Waals surface area contributed by atoms with Crippen molar-refractivity contribution in [1.29, 1.82) is 0 Å². The molecule has 5 heteroatoms. The van der Waals surface area contributed by atoms with Gasteiger partial charge in [0.15, 0.2) is 5.69 Å². The minimum Gasteiger partial charge on any atom is -0.496 e. The summed E-state index contributed by atoms with van der Waals surface area (Å²) in [6.45, 7) is 5.81.